The number of H-pyrrole nitrogens is 1. The average Bonchev–Trinajstić information content (AvgIpc) is 3.06. The quantitative estimate of drug-likeness (QED) is 0.849. The van der Waals surface area contributed by atoms with Crippen molar-refractivity contribution in [2.75, 3.05) is 6.54 Å². The van der Waals surface area contributed by atoms with Crippen molar-refractivity contribution in [2.45, 2.75) is 25.3 Å². The van der Waals surface area contributed by atoms with E-state index in [9.17, 15) is 4.39 Å². The average molecular weight is 245 g/mol. The molecule has 0 saturated heterocycles. The summed E-state index contributed by atoms with van der Waals surface area (Å²) in [6.07, 6.45) is 5.24. The Hall–Kier alpha value is -1.68. The Morgan fingerprint density at radius 2 is 2.28 bits per heavy atom. The number of benzene rings is 1. The van der Waals surface area contributed by atoms with Gasteiger partial charge in [-0.1, -0.05) is 12.1 Å². The lowest BCUT2D eigenvalue weighted by atomic mass is 10.2. The predicted molar refractivity (Wildman–Crippen MR) is 68.7 cm³/mol. The van der Waals surface area contributed by atoms with Crippen molar-refractivity contribution in [1.29, 1.82) is 0 Å². The van der Waals surface area contributed by atoms with Gasteiger partial charge in [0.05, 0.1) is 11.9 Å². The highest BCUT2D eigenvalue weighted by Gasteiger charge is 2.19. The van der Waals surface area contributed by atoms with Crippen molar-refractivity contribution in [1.82, 2.24) is 15.3 Å². The van der Waals surface area contributed by atoms with E-state index in [1.165, 1.54) is 25.0 Å². The second-order valence-electron chi connectivity index (χ2n) is 4.73. The minimum absolute atomic E-state index is 0.223. The molecule has 0 atom stereocenters. The van der Waals surface area contributed by atoms with Crippen molar-refractivity contribution in [3.63, 3.8) is 0 Å². The molecule has 0 amide bonds. The third kappa shape index (κ3) is 2.76. The van der Waals surface area contributed by atoms with Crippen LogP contribution in [0.25, 0.3) is 11.3 Å². The molecule has 0 unspecified atom stereocenters. The molecule has 4 heteroatoms. The molecule has 3 rings (SSSR count). The van der Waals surface area contributed by atoms with Crippen LogP contribution in [0, 0.1) is 5.82 Å². The number of hydrogen-bond acceptors (Lipinski definition) is 2. The Balaban J connectivity index is 1.64. The number of rotatable bonds is 5. The van der Waals surface area contributed by atoms with Gasteiger partial charge in [0.25, 0.3) is 0 Å². The molecular formula is C14H16FN3. The summed E-state index contributed by atoms with van der Waals surface area (Å²) >= 11 is 0. The summed E-state index contributed by atoms with van der Waals surface area (Å²) in [5, 5.41) is 3.44. The molecule has 18 heavy (non-hydrogen) atoms. The molecular weight excluding hydrogens is 229 g/mol. The molecule has 0 spiro atoms. The fourth-order valence-corrected chi connectivity index (χ4v) is 1.97. The Morgan fingerprint density at radius 3 is 3.06 bits per heavy atom. The van der Waals surface area contributed by atoms with Crippen LogP contribution >= 0.6 is 0 Å². The lowest BCUT2D eigenvalue weighted by molar-refractivity contribution is 0.628. The van der Waals surface area contributed by atoms with E-state index in [1.54, 1.807) is 12.3 Å². The molecule has 2 N–H and O–H groups in total. The second kappa shape index (κ2) is 4.90. The molecule has 1 aliphatic rings. The highest BCUT2D eigenvalue weighted by molar-refractivity contribution is 5.58. The van der Waals surface area contributed by atoms with E-state index in [0.29, 0.717) is 0 Å². The number of imidazole rings is 1. The summed E-state index contributed by atoms with van der Waals surface area (Å²) in [6.45, 7) is 0.945. The Kier molecular flexibility index (Phi) is 3.11. The zero-order valence-electron chi connectivity index (χ0n) is 10.1. The van der Waals surface area contributed by atoms with E-state index in [0.717, 1.165) is 36.1 Å². The van der Waals surface area contributed by atoms with E-state index in [1.807, 2.05) is 6.07 Å². The van der Waals surface area contributed by atoms with Gasteiger partial charge < -0.3 is 10.3 Å². The molecule has 1 aromatic heterocycles. The Labute approximate surface area is 105 Å². The summed E-state index contributed by atoms with van der Waals surface area (Å²) < 4.78 is 13.1. The lowest BCUT2D eigenvalue weighted by Crippen LogP contribution is -2.19. The van der Waals surface area contributed by atoms with Crippen molar-refractivity contribution in [3.05, 3.63) is 42.1 Å². The van der Waals surface area contributed by atoms with E-state index in [4.69, 9.17) is 0 Å². The van der Waals surface area contributed by atoms with Crippen LogP contribution in [0.2, 0.25) is 0 Å². The molecule has 1 heterocycles. The Bertz CT molecular complexity index is 531. The number of aromatic amines is 1. The standard InChI is InChI=1S/C14H16FN3/c15-11-3-1-2-10(8-11)13-9-17-14(18-13)6-7-16-12-4-5-12/h1-3,8-9,12,16H,4-7H2,(H,17,18). The lowest BCUT2D eigenvalue weighted by Gasteiger charge is -2.00. The molecule has 0 aliphatic heterocycles. The zero-order chi connectivity index (χ0) is 12.4. The minimum atomic E-state index is -0.223. The van der Waals surface area contributed by atoms with Gasteiger partial charge in [-0.2, -0.15) is 0 Å². The van der Waals surface area contributed by atoms with Gasteiger partial charge in [0, 0.05) is 24.6 Å². The fraction of sp³-hybridized carbons (Fsp3) is 0.357. The summed E-state index contributed by atoms with van der Waals surface area (Å²) in [6, 6.07) is 7.27. The van der Waals surface area contributed by atoms with Crippen LogP contribution in [0.3, 0.4) is 0 Å². The topological polar surface area (TPSA) is 40.7 Å². The van der Waals surface area contributed by atoms with E-state index in [2.05, 4.69) is 15.3 Å². The van der Waals surface area contributed by atoms with Crippen molar-refractivity contribution in [3.8, 4) is 11.3 Å². The van der Waals surface area contributed by atoms with Crippen LogP contribution in [0.15, 0.2) is 30.5 Å². The second-order valence-corrected chi connectivity index (χ2v) is 4.73. The molecule has 1 aromatic carbocycles. The van der Waals surface area contributed by atoms with Crippen molar-refractivity contribution >= 4 is 0 Å². The largest absolute Gasteiger partial charge is 0.342 e. The normalized spacial score (nSPS) is 14.9. The molecule has 2 aromatic rings. The first kappa shape index (κ1) is 11.4. The van der Waals surface area contributed by atoms with Crippen LogP contribution in [0.4, 0.5) is 4.39 Å². The molecule has 1 aliphatic carbocycles. The fourth-order valence-electron chi connectivity index (χ4n) is 1.97. The number of aromatic nitrogens is 2. The van der Waals surface area contributed by atoms with Gasteiger partial charge in [0.2, 0.25) is 0 Å². The molecule has 3 nitrogen and oxygen atoms in total. The van der Waals surface area contributed by atoms with E-state index in [-0.39, 0.29) is 5.82 Å². The molecule has 1 saturated carbocycles. The first-order valence-corrected chi connectivity index (χ1v) is 6.34. The van der Waals surface area contributed by atoms with Crippen LogP contribution < -0.4 is 5.32 Å². The van der Waals surface area contributed by atoms with Gasteiger partial charge in [-0.05, 0) is 25.0 Å². The van der Waals surface area contributed by atoms with E-state index >= 15 is 0 Å². The number of hydrogen-bond donors (Lipinski definition) is 2. The van der Waals surface area contributed by atoms with Crippen molar-refractivity contribution < 1.29 is 4.39 Å². The van der Waals surface area contributed by atoms with Crippen LogP contribution in [0.1, 0.15) is 18.7 Å². The highest BCUT2D eigenvalue weighted by Crippen LogP contribution is 2.19. The molecule has 94 valence electrons. The zero-order valence-corrected chi connectivity index (χ0v) is 10.1. The maximum absolute atomic E-state index is 13.1. The van der Waals surface area contributed by atoms with Gasteiger partial charge in [-0.3, -0.25) is 0 Å². The first-order valence-electron chi connectivity index (χ1n) is 6.34. The van der Waals surface area contributed by atoms with Gasteiger partial charge in [-0.15, -0.1) is 0 Å². The molecule has 0 bridgehead atoms. The maximum atomic E-state index is 13.1. The summed E-state index contributed by atoms with van der Waals surface area (Å²) in [5.41, 5.74) is 1.71. The Morgan fingerprint density at radius 1 is 1.39 bits per heavy atom. The van der Waals surface area contributed by atoms with Gasteiger partial charge >= 0.3 is 0 Å². The van der Waals surface area contributed by atoms with Crippen LogP contribution in [-0.2, 0) is 6.42 Å². The first-order chi connectivity index (χ1) is 8.81. The maximum Gasteiger partial charge on any atom is 0.123 e. The highest BCUT2D eigenvalue weighted by atomic mass is 19.1. The third-order valence-electron chi connectivity index (χ3n) is 3.14. The third-order valence-corrected chi connectivity index (χ3v) is 3.14. The predicted octanol–water partition coefficient (Wildman–Crippen LogP) is 2.51. The van der Waals surface area contributed by atoms with Gasteiger partial charge in [0.1, 0.15) is 11.6 Å². The van der Waals surface area contributed by atoms with Crippen LogP contribution in [-0.4, -0.2) is 22.6 Å². The van der Waals surface area contributed by atoms with Gasteiger partial charge in [-0.25, -0.2) is 9.37 Å². The number of nitrogens with one attached hydrogen (secondary N) is 2. The monoisotopic (exact) mass is 245 g/mol. The van der Waals surface area contributed by atoms with Crippen LogP contribution in [0.5, 0.6) is 0 Å². The summed E-state index contributed by atoms with van der Waals surface area (Å²) in [4.78, 5) is 7.55. The summed E-state index contributed by atoms with van der Waals surface area (Å²) in [7, 11) is 0. The number of halogens is 1. The molecule has 1 fully saturated rings. The van der Waals surface area contributed by atoms with Gasteiger partial charge in [0.15, 0.2) is 0 Å². The van der Waals surface area contributed by atoms with Crippen molar-refractivity contribution in [2.24, 2.45) is 0 Å². The number of nitrogens with zero attached hydrogens (tertiary/aromatic N) is 1. The van der Waals surface area contributed by atoms with E-state index < -0.39 is 0 Å². The smallest absolute Gasteiger partial charge is 0.123 e. The SMILES string of the molecule is Fc1cccc(-c2cnc(CCNC3CC3)[nH]2)c1. The summed E-state index contributed by atoms with van der Waals surface area (Å²) in [5.74, 6) is 0.724. The minimum Gasteiger partial charge on any atom is -0.342 e. The molecule has 0 radical (unpaired) electrons.